The highest BCUT2D eigenvalue weighted by Gasteiger charge is 2.40. The van der Waals surface area contributed by atoms with Crippen molar-refractivity contribution in [2.75, 3.05) is 24.5 Å². The molecule has 0 aromatic carbocycles. The molecule has 0 unspecified atom stereocenters. The number of amides is 1. The van der Waals surface area contributed by atoms with Gasteiger partial charge >= 0.3 is 6.18 Å². The Labute approximate surface area is 145 Å². The van der Waals surface area contributed by atoms with E-state index in [0.29, 0.717) is 31.0 Å². The van der Waals surface area contributed by atoms with Crippen LogP contribution in [-0.4, -0.2) is 45.3 Å². The molecule has 11 heteroatoms. The number of nitrogens with zero attached hydrogens (tertiary/aromatic N) is 5. The van der Waals surface area contributed by atoms with Crippen molar-refractivity contribution < 1.29 is 18.0 Å². The summed E-state index contributed by atoms with van der Waals surface area (Å²) in [6.07, 6.45) is -1.07. The molecule has 136 valence electrons. The molecule has 2 atom stereocenters. The van der Waals surface area contributed by atoms with Crippen molar-refractivity contribution in [1.29, 1.82) is 0 Å². The average molecular weight is 374 g/mol. The maximum Gasteiger partial charge on any atom is 0.445 e. The number of imidazole rings is 1. The zero-order valence-electron chi connectivity index (χ0n) is 13.6. The number of aryl methyl sites for hydroxylation is 1. The van der Waals surface area contributed by atoms with Crippen LogP contribution in [0.25, 0.3) is 0 Å². The van der Waals surface area contributed by atoms with Gasteiger partial charge in [-0.25, -0.2) is 4.98 Å². The molecule has 1 saturated heterocycles. The monoisotopic (exact) mass is 374 g/mol. The van der Waals surface area contributed by atoms with Gasteiger partial charge in [0.25, 0.3) is 0 Å². The van der Waals surface area contributed by atoms with Crippen LogP contribution in [0, 0.1) is 5.92 Å². The number of carbonyl (C=O) groups is 1. The fourth-order valence-corrected chi connectivity index (χ4v) is 3.76. The molecule has 0 radical (unpaired) electrons. The molecule has 0 spiro atoms. The van der Waals surface area contributed by atoms with Crippen LogP contribution < -0.4 is 10.2 Å². The Morgan fingerprint density at radius 2 is 2.16 bits per heavy atom. The largest absolute Gasteiger partial charge is 0.445 e. The molecule has 1 amide bonds. The van der Waals surface area contributed by atoms with E-state index in [1.165, 1.54) is 6.92 Å². The van der Waals surface area contributed by atoms with Gasteiger partial charge in [0.05, 0.1) is 6.33 Å². The molecule has 0 saturated carbocycles. The van der Waals surface area contributed by atoms with Crippen LogP contribution in [-0.2, 0) is 18.0 Å². The fraction of sp³-hybridized carbons (Fsp3) is 0.571. The third-order valence-electron chi connectivity index (χ3n) is 4.22. The SMILES string of the molecule is CC(=O)NC[C@@H]1CN(c2nnc(C(F)(F)F)s2)C[C@H]1c1cncn1C. The minimum atomic E-state index is -4.49. The normalized spacial score (nSPS) is 20.9. The number of aromatic nitrogens is 4. The molecule has 25 heavy (non-hydrogen) atoms. The van der Waals surface area contributed by atoms with Crippen molar-refractivity contribution in [3.63, 3.8) is 0 Å². The van der Waals surface area contributed by atoms with E-state index in [0.717, 1.165) is 5.69 Å². The average Bonchev–Trinajstić information content (AvgIpc) is 3.22. The van der Waals surface area contributed by atoms with Gasteiger partial charge in [0, 0.05) is 57.3 Å². The molecule has 3 heterocycles. The van der Waals surface area contributed by atoms with Crippen molar-refractivity contribution >= 4 is 22.4 Å². The molecule has 1 aliphatic rings. The Kier molecular flexibility index (Phi) is 4.67. The zero-order valence-corrected chi connectivity index (χ0v) is 14.4. The number of alkyl halides is 3. The summed E-state index contributed by atoms with van der Waals surface area (Å²) >= 11 is 0.536. The van der Waals surface area contributed by atoms with Crippen LogP contribution in [0.3, 0.4) is 0 Å². The Bertz CT molecular complexity index is 758. The molecule has 2 aromatic rings. The minimum Gasteiger partial charge on any atom is -0.356 e. The summed E-state index contributed by atoms with van der Waals surface area (Å²) in [6, 6.07) is 0. The molecule has 1 fully saturated rings. The van der Waals surface area contributed by atoms with E-state index in [9.17, 15) is 18.0 Å². The van der Waals surface area contributed by atoms with E-state index < -0.39 is 11.2 Å². The van der Waals surface area contributed by atoms with Crippen LogP contribution in [0.1, 0.15) is 23.5 Å². The maximum absolute atomic E-state index is 12.8. The van der Waals surface area contributed by atoms with Crippen molar-refractivity contribution in [1.82, 2.24) is 25.1 Å². The van der Waals surface area contributed by atoms with Crippen molar-refractivity contribution in [2.45, 2.75) is 19.0 Å². The Morgan fingerprint density at radius 3 is 2.72 bits per heavy atom. The highest BCUT2D eigenvalue weighted by atomic mass is 32.1. The maximum atomic E-state index is 12.8. The molecule has 3 rings (SSSR count). The summed E-state index contributed by atoms with van der Waals surface area (Å²) in [5.41, 5.74) is 0.971. The summed E-state index contributed by atoms with van der Waals surface area (Å²) in [6.45, 7) is 2.86. The quantitative estimate of drug-likeness (QED) is 0.881. The smallest absolute Gasteiger partial charge is 0.356 e. The van der Waals surface area contributed by atoms with E-state index in [-0.39, 0.29) is 22.9 Å². The van der Waals surface area contributed by atoms with Gasteiger partial charge in [-0.3, -0.25) is 4.79 Å². The summed E-state index contributed by atoms with van der Waals surface area (Å²) in [4.78, 5) is 17.1. The number of hydrogen-bond acceptors (Lipinski definition) is 6. The minimum absolute atomic E-state index is 0.0255. The van der Waals surface area contributed by atoms with Crippen LogP contribution in [0.15, 0.2) is 12.5 Å². The van der Waals surface area contributed by atoms with Gasteiger partial charge in [-0.05, 0) is 0 Å². The lowest BCUT2D eigenvalue weighted by atomic mass is 9.93. The fourth-order valence-electron chi connectivity index (χ4n) is 3.03. The van der Waals surface area contributed by atoms with Crippen LogP contribution >= 0.6 is 11.3 Å². The predicted octanol–water partition coefficient (Wildman–Crippen LogP) is 1.65. The first-order chi connectivity index (χ1) is 11.8. The van der Waals surface area contributed by atoms with Crippen molar-refractivity contribution in [2.24, 2.45) is 13.0 Å². The van der Waals surface area contributed by atoms with Crippen molar-refractivity contribution in [3.05, 3.63) is 23.2 Å². The lowest BCUT2D eigenvalue weighted by Gasteiger charge is -2.18. The second kappa shape index (κ2) is 6.62. The van der Waals surface area contributed by atoms with Crippen LogP contribution in [0.4, 0.5) is 18.3 Å². The van der Waals surface area contributed by atoms with Gasteiger partial charge in [0.1, 0.15) is 0 Å². The zero-order chi connectivity index (χ0) is 18.2. The van der Waals surface area contributed by atoms with Crippen molar-refractivity contribution in [3.8, 4) is 0 Å². The summed E-state index contributed by atoms with van der Waals surface area (Å²) in [5, 5.41) is 9.03. The predicted molar refractivity (Wildman–Crippen MR) is 85.2 cm³/mol. The highest BCUT2D eigenvalue weighted by Crippen LogP contribution is 2.39. The number of nitrogens with one attached hydrogen (secondary N) is 1. The Morgan fingerprint density at radius 1 is 1.40 bits per heavy atom. The number of carbonyl (C=O) groups excluding carboxylic acids is 1. The molecule has 2 aromatic heterocycles. The lowest BCUT2D eigenvalue weighted by Crippen LogP contribution is -2.31. The first-order valence-corrected chi connectivity index (χ1v) is 8.43. The molecular formula is C14H17F3N6OS. The van der Waals surface area contributed by atoms with E-state index in [2.05, 4.69) is 20.5 Å². The summed E-state index contributed by atoms with van der Waals surface area (Å²) in [5.74, 6) is -0.0763. The van der Waals surface area contributed by atoms with Crippen LogP contribution in [0.2, 0.25) is 0 Å². The summed E-state index contributed by atoms with van der Waals surface area (Å²) < 4.78 is 40.2. The number of rotatable bonds is 4. The van der Waals surface area contributed by atoms with Gasteiger partial charge in [0.2, 0.25) is 16.0 Å². The highest BCUT2D eigenvalue weighted by molar-refractivity contribution is 7.15. The third kappa shape index (κ3) is 3.75. The standard InChI is InChI=1S/C14H17F3N6OS/c1-8(24)19-3-9-5-23(6-10(9)11-4-18-7-22(11)2)13-21-20-12(25-13)14(15,16)17/h4,7,9-10H,3,5-6H2,1-2H3,(H,19,24)/t9-,10-/m1/s1. The summed E-state index contributed by atoms with van der Waals surface area (Å²) in [7, 11) is 1.87. The third-order valence-corrected chi connectivity index (χ3v) is 5.24. The first kappa shape index (κ1) is 17.6. The number of halogens is 3. The lowest BCUT2D eigenvalue weighted by molar-refractivity contribution is -0.138. The molecule has 7 nitrogen and oxygen atoms in total. The Balaban J connectivity index is 1.82. The molecule has 0 aliphatic carbocycles. The van der Waals surface area contributed by atoms with Crippen LogP contribution in [0.5, 0.6) is 0 Å². The Hall–Kier alpha value is -2.17. The van der Waals surface area contributed by atoms with E-state index in [1.807, 2.05) is 11.6 Å². The molecule has 0 bridgehead atoms. The van der Waals surface area contributed by atoms with Gasteiger partial charge in [-0.15, -0.1) is 10.2 Å². The number of anilines is 1. The second-order valence-electron chi connectivity index (χ2n) is 6.03. The molecular weight excluding hydrogens is 357 g/mol. The van der Waals surface area contributed by atoms with Gasteiger partial charge in [0.15, 0.2) is 0 Å². The molecule has 1 aliphatic heterocycles. The van der Waals surface area contributed by atoms with Gasteiger partial charge in [-0.2, -0.15) is 13.2 Å². The molecule has 1 N–H and O–H groups in total. The van der Waals surface area contributed by atoms with E-state index in [1.54, 1.807) is 17.4 Å². The van der Waals surface area contributed by atoms with E-state index in [4.69, 9.17) is 0 Å². The number of hydrogen-bond donors (Lipinski definition) is 1. The first-order valence-electron chi connectivity index (χ1n) is 7.62. The van der Waals surface area contributed by atoms with Gasteiger partial charge in [-0.1, -0.05) is 11.3 Å². The topological polar surface area (TPSA) is 75.9 Å². The van der Waals surface area contributed by atoms with Gasteiger partial charge < -0.3 is 14.8 Å². The second-order valence-corrected chi connectivity index (χ2v) is 6.98. The van der Waals surface area contributed by atoms with E-state index >= 15 is 0 Å².